The molecule has 0 amide bonds. The average Bonchev–Trinajstić information content (AvgIpc) is 3.18. The second-order valence-corrected chi connectivity index (χ2v) is 6.49. The summed E-state index contributed by atoms with van der Waals surface area (Å²) in [5.74, 6) is 0.799. The number of nitrogens with zero attached hydrogens (tertiary/aromatic N) is 1. The lowest BCUT2D eigenvalue weighted by Gasteiger charge is -2.17. The van der Waals surface area contributed by atoms with Crippen LogP contribution in [0.25, 0.3) is 0 Å². The molecule has 0 spiro atoms. The summed E-state index contributed by atoms with van der Waals surface area (Å²) < 4.78 is 5.43. The van der Waals surface area contributed by atoms with Crippen molar-refractivity contribution in [2.45, 2.75) is 31.7 Å². The molecule has 0 aliphatic carbocycles. The molecule has 2 atom stereocenters. The number of nitrogens with one attached hydrogen (secondary N) is 1. The van der Waals surface area contributed by atoms with Gasteiger partial charge < -0.3 is 15.0 Å². The second-order valence-electron chi connectivity index (χ2n) is 6.49. The van der Waals surface area contributed by atoms with Gasteiger partial charge in [0, 0.05) is 32.3 Å². The summed E-state index contributed by atoms with van der Waals surface area (Å²) in [7, 11) is 0. The Morgan fingerprint density at radius 2 is 2.10 bits per heavy atom. The SMILES string of the molecule is c1ccc(CCN2CCC(NCCC3CCOC3)C2)cc1. The van der Waals surface area contributed by atoms with Crippen LogP contribution in [0.2, 0.25) is 0 Å². The van der Waals surface area contributed by atoms with Gasteiger partial charge in [0.05, 0.1) is 0 Å². The number of likely N-dealkylation sites (tertiary alicyclic amines) is 1. The summed E-state index contributed by atoms with van der Waals surface area (Å²) in [6.07, 6.45) is 5.01. The van der Waals surface area contributed by atoms with E-state index in [1.54, 1.807) is 0 Å². The minimum atomic E-state index is 0.697. The van der Waals surface area contributed by atoms with Crippen LogP contribution in [-0.2, 0) is 11.2 Å². The molecule has 2 aliphatic rings. The van der Waals surface area contributed by atoms with E-state index in [1.165, 1.54) is 50.9 Å². The monoisotopic (exact) mass is 288 g/mol. The Morgan fingerprint density at radius 1 is 1.19 bits per heavy atom. The molecule has 2 saturated heterocycles. The average molecular weight is 288 g/mol. The first kappa shape index (κ1) is 15.0. The fourth-order valence-corrected chi connectivity index (χ4v) is 3.44. The van der Waals surface area contributed by atoms with Crippen molar-refractivity contribution < 1.29 is 4.74 Å². The Morgan fingerprint density at radius 3 is 2.90 bits per heavy atom. The molecule has 1 aromatic rings. The molecule has 21 heavy (non-hydrogen) atoms. The quantitative estimate of drug-likeness (QED) is 0.833. The maximum Gasteiger partial charge on any atom is 0.0495 e. The van der Waals surface area contributed by atoms with E-state index < -0.39 is 0 Å². The molecule has 3 rings (SSSR count). The predicted octanol–water partition coefficient (Wildman–Crippen LogP) is 2.32. The van der Waals surface area contributed by atoms with Gasteiger partial charge in [0.15, 0.2) is 0 Å². The van der Waals surface area contributed by atoms with Crippen molar-refractivity contribution in [2.24, 2.45) is 5.92 Å². The van der Waals surface area contributed by atoms with E-state index in [0.29, 0.717) is 6.04 Å². The van der Waals surface area contributed by atoms with Crippen LogP contribution in [0.5, 0.6) is 0 Å². The van der Waals surface area contributed by atoms with Crippen LogP contribution in [0.4, 0.5) is 0 Å². The van der Waals surface area contributed by atoms with E-state index in [4.69, 9.17) is 4.74 Å². The molecule has 0 radical (unpaired) electrons. The highest BCUT2D eigenvalue weighted by Gasteiger charge is 2.22. The van der Waals surface area contributed by atoms with Crippen molar-refractivity contribution in [3.05, 3.63) is 35.9 Å². The van der Waals surface area contributed by atoms with Crippen LogP contribution in [0.15, 0.2) is 30.3 Å². The summed E-state index contributed by atoms with van der Waals surface area (Å²) in [6.45, 7) is 6.77. The topological polar surface area (TPSA) is 24.5 Å². The summed E-state index contributed by atoms with van der Waals surface area (Å²) in [5, 5.41) is 3.74. The number of hydrogen-bond acceptors (Lipinski definition) is 3. The maximum atomic E-state index is 5.43. The van der Waals surface area contributed by atoms with Crippen molar-refractivity contribution in [3.63, 3.8) is 0 Å². The fraction of sp³-hybridized carbons (Fsp3) is 0.667. The van der Waals surface area contributed by atoms with Crippen LogP contribution in [-0.4, -0.2) is 50.3 Å². The Labute approximate surface area is 128 Å². The Bertz CT molecular complexity index is 403. The lowest BCUT2D eigenvalue weighted by molar-refractivity contribution is 0.184. The van der Waals surface area contributed by atoms with E-state index in [2.05, 4.69) is 40.5 Å². The Kier molecular flexibility index (Phi) is 5.67. The number of benzene rings is 1. The van der Waals surface area contributed by atoms with Gasteiger partial charge in [-0.2, -0.15) is 0 Å². The van der Waals surface area contributed by atoms with Crippen LogP contribution in [0.3, 0.4) is 0 Å². The van der Waals surface area contributed by atoms with Gasteiger partial charge in [-0.25, -0.2) is 0 Å². The first-order valence-corrected chi connectivity index (χ1v) is 8.47. The Hall–Kier alpha value is -0.900. The van der Waals surface area contributed by atoms with Gasteiger partial charge in [-0.1, -0.05) is 30.3 Å². The first-order chi connectivity index (χ1) is 10.4. The van der Waals surface area contributed by atoms with Gasteiger partial charge >= 0.3 is 0 Å². The zero-order valence-electron chi connectivity index (χ0n) is 13.0. The highest BCUT2D eigenvalue weighted by Crippen LogP contribution is 2.16. The molecule has 1 N–H and O–H groups in total. The molecule has 3 nitrogen and oxygen atoms in total. The van der Waals surface area contributed by atoms with E-state index in [0.717, 1.165) is 25.7 Å². The van der Waals surface area contributed by atoms with Crippen molar-refractivity contribution in [1.29, 1.82) is 0 Å². The minimum Gasteiger partial charge on any atom is -0.381 e. The first-order valence-electron chi connectivity index (χ1n) is 8.47. The molecular weight excluding hydrogens is 260 g/mol. The molecule has 2 aliphatic heterocycles. The number of hydrogen-bond donors (Lipinski definition) is 1. The third-order valence-electron chi connectivity index (χ3n) is 4.84. The van der Waals surface area contributed by atoms with E-state index >= 15 is 0 Å². The van der Waals surface area contributed by atoms with Crippen LogP contribution >= 0.6 is 0 Å². The third-order valence-corrected chi connectivity index (χ3v) is 4.84. The van der Waals surface area contributed by atoms with Crippen LogP contribution in [0.1, 0.15) is 24.8 Å². The van der Waals surface area contributed by atoms with Crippen LogP contribution < -0.4 is 5.32 Å². The molecule has 1 aromatic carbocycles. The molecule has 2 heterocycles. The molecule has 2 fully saturated rings. The highest BCUT2D eigenvalue weighted by atomic mass is 16.5. The van der Waals surface area contributed by atoms with Gasteiger partial charge in [0.2, 0.25) is 0 Å². The van der Waals surface area contributed by atoms with Gasteiger partial charge in [-0.15, -0.1) is 0 Å². The largest absolute Gasteiger partial charge is 0.381 e. The van der Waals surface area contributed by atoms with E-state index in [-0.39, 0.29) is 0 Å². The summed E-state index contributed by atoms with van der Waals surface area (Å²) >= 11 is 0. The minimum absolute atomic E-state index is 0.697. The molecule has 3 heteroatoms. The lowest BCUT2D eigenvalue weighted by Crippen LogP contribution is -2.34. The normalized spacial score (nSPS) is 26.5. The second kappa shape index (κ2) is 7.92. The maximum absolute atomic E-state index is 5.43. The molecule has 0 bridgehead atoms. The van der Waals surface area contributed by atoms with E-state index in [1.807, 2.05) is 0 Å². The highest BCUT2D eigenvalue weighted by molar-refractivity contribution is 5.14. The zero-order chi connectivity index (χ0) is 14.3. The molecule has 0 saturated carbocycles. The summed E-state index contributed by atoms with van der Waals surface area (Å²) in [6, 6.07) is 11.5. The third kappa shape index (κ3) is 4.80. The fourth-order valence-electron chi connectivity index (χ4n) is 3.44. The predicted molar refractivity (Wildman–Crippen MR) is 86.5 cm³/mol. The lowest BCUT2D eigenvalue weighted by atomic mass is 10.1. The molecule has 0 aromatic heterocycles. The van der Waals surface area contributed by atoms with Gasteiger partial charge in [-0.05, 0) is 50.3 Å². The van der Waals surface area contributed by atoms with Crippen molar-refractivity contribution >= 4 is 0 Å². The molecular formula is C18H28N2O. The zero-order valence-corrected chi connectivity index (χ0v) is 13.0. The molecule has 2 unspecified atom stereocenters. The van der Waals surface area contributed by atoms with Gasteiger partial charge in [-0.3, -0.25) is 0 Å². The van der Waals surface area contributed by atoms with E-state index in [9.17, 15) is 0 Å². The van der Waals surface area contributed by atoms with Gasteiger partial charge in [0.25, 0.3) is 0 Å². The Balaban J connectivity index is 1.30. The smallest absolute Gasteiger partial charge is 0.0495 e. The van der Waals surface area contributed by atoms with Crippen molar-refractivity contribution in [2.75, 3.05) is 39.4 Å². The summed E-state index contributed by atoms with van der Waals surface area (Å²) in [4.78, 5) is 2.60. The van der Waals surface area contributed by atoms with Crippen LogP contribution in [0, 0.1) is 5.92 Å². The number of rotatable bonds is 7. The number of ether oxygens (including phenoxy) is 1. The standard InChI is InChI=1S/C18H28N2O/c1-2-4-16(5-3-1)7-11-20-12-8-18(14-20)19-10-6-17-9-13-21-15-17/h1-5,17-19H,6-15H2. The van der Waals surface area contributed by atoms with Crippen molar-refractivity contribution in [1.82, 2.24) is 10.2 Å². The summed E-state index contributed by atoms with van der Waals surface area (Å²) in [5.41, 5.74) is 1.45. The molecule has 116 valence electrons. The van der Waals surface area contributed by atoms with Crippen molar-refractivity contribution in [3.8, 4) is 0 Å². The van der Waals surface area contributed by atoms with Gasteiger partial charge in [0.1, 0.15) is 0 Å².